The highest BCUT2D eigenvalue weighted by molar-refractivity contribution is 5.94. The molecule has 0 aliphatic rings. The van der Waals surface area contributed by atoms with Gasteiger partial charge in [0.25, 0.3) is 0 Å². The van der Waals surface area contributed by atoms with Gasteiger partial charge in [-0.05, 0) is 12.1 Å². The Morgan fingerprint density at radius 2 is 2.11 bits per heavy atom. The molecule has 0 aliphatic carbocycles. The third kappa shape index (κ3) is 2.74. The minimum atomic E-state index is -0.424. The van der Waals surface area contributed by atoms with Crippen LogP contribution in [0.1, 0.15) is 20.8 Å². The Balaban J connectivity index is 2.15. The van der Waals surface area contributed by atoms with Crippen molar-refractivity contribution in [2.24, 2.45) is 5.41 Å². The van der Waals surface area contributed by atoms with Crippen LogP contribution in [0.15, 0.2) is 36.8 Å². The van der Waals surface area contributed by atoms with E-state index in [0.29, 0.717) is 11.5 Å². The number of rotatable bonds is 2. The van der Waals surface area contributed by atoms with Crippen molar-refractivity contribution >= 4 is 11.6 Å². The topological polar surface area (TPSA) is 59.8 Å². The summed E-state index contributed by atoms with van der Waals surface area (Å²) in [5.41, 5.74) is 0.244. The smallest absolute Gasteiger partial charge is 0.229 e. The van der Waals surface area contributed by atoms with Gasteiger partial charge in [0.05, 0.1) is 18.1 Å². The van der Waals surface area contributed by atoms with Gasteiger partial charge in [-0.15, -0.1) is 0 Å². The average Bonchev–Trinajstić information content (AvgIpc) is 2.77. The molecule has 2 aromatic heterocycles. The normalized spacial score (nSPS) is 11.3. The van der Waals surface area contributed by atoms with Crippen LogP contribution in [0.3, 0.4) is 0 Å². The van der Waals surface area contributed by atoms with E-state index in [1.165, 1.54) is 0 Å². The van der Waals surface area contributed by atoms with E-state index in [0.717, 1.165) is 0 Å². The lowest BCUT2D eigenvalue weighted by atomic mass is 9.96. The fraction of sp³-hybridized carbons (Fsp3) is 0.308. The molecule has 18 heavy (non-hydrogen) atoms. The van der Waals surface area contributed by atoms with E-state index in [4.69, 9.17) is 0 Å². The summed E-state index contributed by atoms with van der Waals surface area (Å²) >= 11 is 0. The number of hydrogen-bond donors (Lipinski definition) is 1. The van der Waals surface area contributed by atoms with E-state index in [2.05, 4.69) is 15.4 Å². The molecule has 1 N–H and O–H groups in total. The molecule has 0 aromatic carbocycles. The molecule has 0 aliphatic heterocycles. The maximum atomic E-state index is 11.8. The molecule has 94 valence electrons. The van der Waals surface area contributed by atoms with Crippen LogP contribution in [-0.4, -0.2) is 20.7 Å². The summed E-state index contributed by atoms with van der Waals surface area (Å²) in [6.07, 6.45) is 5.05. The van der Waals surface area contributed by atoms with E-state index in [9.17, 15) is 4.79 Å². The van der Waals surface area contributed by atoms with Crippen molar-refractivity contribution in [3.63, 3.8) is 0 Å². The minimum absolute atomic E-state index is 0.0388. The first-order chi connectivity index (χ1) is 8.47. The number of carbonyl (C=O) groups is 1. The number of amides is 1. The number of carbonyl (C=O) groups excluding carboxylic acids is 1. The summed E-state index contributed by atoms with van der Waals surface area (Å²) < 4.78 is 1.62. The second-order valence-corrected chi connectivity index (χ2v) is 5.07. The van der Waals surface area contributed by atoms with Crippen molar-refractivity contribution < 1.29 is 4.79 Å². The summed E-state index contributed by atoms with van der Waals surface area (Å²) in [5.74, 6) is 0.678. The molecule has 0 bridgehead atoms. The molecule has 5 nitrogen and oxygen atoms in total. The van der Waals surface area contributed by atoms with Gasteiger partial charge in [-0.3, -0.25) is 4.79 Å². The number of anilines is 1. The van der Waals surface area contributed by atoms with Crippen molar-refractivity contribution in [1.82, 2.24) is 14.8 Å². The standard InChI is InChI=1S/C13H16N4O/c1-13(2,3)12(18)16-10-8-15-17(9-10)11-6-4-5-7-14-11/h4-9H,1-3H3,(H,16,18). The predicted molar refractivity (Wildman–Crippen MR) is 69.4 cm³/mol. The Kier molecular flexibility index (Phi) is 3.14. The molecule has 1 amide bonds. The van der Waals surface area contributed by atoms with Gasteiger partial charge in [-0.2, -0.15) is 5.10 Å². The molecule has 5 heteroatoms. The fourth-order valence-corrected chi connectivity index (χ4v) is 1.32. The van der Waals surface area contributed by atoms with Crippen molar-refractivity contribution in [3.8, 4) is 5.82 Å². The van der Waals surface area contributed by atoms with Crippen LogP contribution in [0.2, 0.25) is 0 Å². The Morgan fingerprint density at radius 1 is 1.33 bits per heavy atom. The van der Waals surface area contributed by atoms with Gasteiger partial charge in [0.1, 0.15) is 0 Å². The Hall–Kier alpha value is -2.17. The molecular formula is C13H16N4O. The predicted octanol–water partition coefficient (Wildman–Crippen LogP) is 2.25. The van der Waals surface area contributed by atoms with Crippen molar-refractivity contribution in [3.05, 3.63) is 36.8 Å². The van der Waals surface area contributed by atoms with E-state index < -0.39 is 5.41 Å². The second-order valence-electron chi connectivity index (χ2n) is 5.07. The zero-order valence-corrected chi connectivity index (χ0v) is 10.7. The molecule has 0 atom stereocenters. The van der Waals surface area contributed by atoms with Crippen LogP contribution in [-0.2, 0) is 4.79 Å². The van der Waals surface area contributed by atoms with E-state index in [1.54, 1.807) is 23.3 Å². The Labute approximate surface area is 106 Å². The van der Waals surface area contributed by atoms with Gasteiger partial charge in [0.2, 0.25) is 5.91 Å². The first-order valence-electron chi connectivity index (χ1n) is 5.74. The molecule has 2 aromatic rings. The first kappa shape index (κ1) is 12.3. The number of aromatic nitrogens is 3. The lowest BCUT2D eigenvalue weighted by Crippen LogP contribution is -2.27. The van der Waals surface area contributed by atoms with Crippen LogP contribution in [0.5, 0.6) is 0 Å². The number of hydrogen-bond acceptors (Lipinski definition) is 3. The third-order valence-electron chi connectivity index (χ3n) is 2.41. The zero-order valence-electron chi connectivity index (χ0n) is 10.7. The van der Waals surface area contributed by atoms with Gasteiger partial charge in [-0.1, -0.05) is 26.8 Å². The SMILES string of the molecule is CC(C)(C)C(=O)Nc1cnn(-c2ccccn2)c1. The summed E-state index contributed by atoms with van der Waals surface area (Å²) in [5, 5.41) is 6.98. The molecule has 0 saturated carbocycles. The maximum Gasteiger partial charge on any atom is 0.229 e. The summed E-state index contributed by atoms with van der Waals surface area (Å²) in [6.45, 7) is 5.60. The van der Waals surface area contributed by atoms with Crippen molar-refractivity contribution in [1.29, 1.82) is 0 Å². The summed E-state index contributed by atoms with van der Waals surface area (Å²) in [7, 11) is 0. The van der Waals surface area contributed by atoms with Crippen LogP contribution in [0, 0.1) is 5.41 Å². The van der Waals surface area contributed by atoms with Gasteiger partial charge in [-0.25, -0.2) is 9.67 Å². The Morgan fingerprint density at radius 3 is 2.72 bits per heavy atom. The minimum Gasteiger partial charge on any atom is -0.323 e. The third-order valence-corrected chi connectivity index (χ3v) is 2.41. The van der Waals surface area contributed by atoms with Crippen LogP contribution < -0.4 is 5.32 Å². The molecule has 0 spiro atoms. The highest BCUT2D eigenvalue weighted by Crippen LogP contribution is 2.17. The van der Waals surface area contributed by atoms with Gasteiger partial charge in [0, 0.05) is 11.6 Å². The number of pyridine rings is 1. The van der Waals surface area contributed by atoms with Gasteiger partial charge < -0.3 is 5.32 Å². The van der Waals surface area contributed by atoms with Gasteiger partial charge in [0.15, 0.2) is 5.82 Å². The lowest BCUT2D eigenvalue weighted by Gasteiger charge is -2.16. The lowest BCUT2D eigenvalue weighted by molar-refractivity contribution is -0.123. The quantitative estimate of drug-likeness (QED) is 0.881. The van der Waals surface area contributed by atoms with E-state index in [-0.39, 0.29) is 5.91 Å². The van der Waals surface area contributed by atoms with E-state index >= 15 is 0 Å². The zero-order chi connectivity index (χ0) is 13.2. The molecule has 2 rings (SSSR count). The molecule has 2 heterocycles. The molecule has 0 radical (unpaired) electrons. The van der Waals surface area contributed by atoms with Crippen LogP contribution in [0.4, 0.5) is 5.69 Å². The molecular weight excluding hydrogens is 228 g/mol. The molecule has 0 saturated heterocycles. The first-order valence-corrected chi connectivity index (χ1v) is 5.74. The second kappa shape index (κ2) is 4.60. The monoisotopic (exact) mass is 244 g/mol. The average molecular weight is 244 g/mol. The summed E-state index contributed by atoms with van der Waals surface area (Å²) in [4.78, 5) is 16.0. The Bertz CT molecular complexity index is 540. The van der Waals surface area contributed by atoms with E-state index in [1.807, 2.05) is 39.0 Å². The summed E-state index contributed by atoms with van der Waals surface area (Å²) in [6, 6.07) is 5.58. The molecule has 0 fully saturated rings. The number of nitrogens with one attached hydrogen (secondary N) is 1. The number of nitrogens with zero attached hydrogens (tertiary/aromatic N) is 3. The molecule has 0 unspecified atom stereocenters. The maximum absolute atomic E-state index is 11.8. The largest absolute Gasteiger partial charge is 0.323 e. The highest BCUT2D eigenvalue weighted by atomic mass is 16.2. The highest BCUT2D eigenvalue weighted by Gasteiger charge is 2.21. The fourth-order valence-electron chi connectivity index (χ4n) is 1.32. The van der Waals surface area contributed by atoms with Gasteiger partial charge >= 0.3 is 0 Å². The van der Waals surface area contributed by atoms with Crippen molar-refractivity contribution in [2.45, 2.75) is 20.8 Å². The van der Waals surface area contributed by atoms with Crippen LogP contribution in [0.25, 0.3) is 5.82 Å². The van der Waals surface area contributed by atoms with Crippen molar-refractivity contribution in [2.75, 3.05) is 5.32 Å². The van der Waals surface area contributed by atoms with Crippen LogP contribution >= 0.6 is 0 Å².